The SMILES string of the molecule is COCCN(CC(F)F)C(=O)c1cc2sc3ccccc3c2s1. The molecule has 7 heteroatoms. The van der Waals surface area contributed by atoms with Crippen molar-refractivity contribution in [3.8, 4) is 0 Å². The van der Waals surface area contributed by atoms with Crippen LogP contribution >= 0.6 is 22.7 Å². The van der Waals surface area contributed by atoms with Gasteiger partial charge in [0.2, 0.25) is 0 Å². The Labute approximate surface area is 140 Å². The molecule has 0 atom stereocenters. The maximum absolute atomic E-state index is 12.7. The summed E-state index contributed by atoms with van der Waals surface area (Å²) in [5, 5.41) is 1.11. The molecule has 2 heterocycles. The van der Waals surface area contributed by atoms with Gasteiger partial charge in [-0.2, -0.15) is 0 Å². The number of methoxy groups -OCH3 is 1. The van der Waals surface area contributed by atoms with Gasteiger partial charge < -0.3 is 9.64 Å². The molecule has 0 aliphatic carbocycles. The Bertz CT molecular complexity index is 828. The molecule has 0 aliphatic heterocycles. The summed E-state index contributed by atoms with van der Waals surface area (Å²) in [5.41, 5.74) is 0. The lowest BCUT2D eigenvalue weighted by atomic mass is 10.2. The molecule has 122 valence electrons. The van der Waals surface area contributed by atoms with Crippen molar-refractivity contribution < 1.29 is 18.3 Å². The van der Waals surface area contributed by atoms with Crippen LogP contribution in [-0.4, -0.2) is 44.0 Å². The van der Waals surface area contributed by atoms with E-state index >= 15 is 0 Å². The van der Waals surface area contributed by atoms with Gasteiger partial charge in [0.1, 0.15) is 0 Å². The van der Waals surface area contributed by atoms with E-state index in [1.807, 2.05) is 24.3 Å². The van der Waals surface area contributed by atoms with Crippen molar-refractivity contribution in [1.29, 1.82) is 0 Å². The molecular weight excluding hydrogens is 340 g/mol. The summed E-state index contributed by atoms with van der Waals surface area (Å²) in [6.07, 6.45) is -2.56. The first kappa shape index (κ1) is 16.3. The van der Waals surface area contributed by atoms with Gasteiger partial charge in [-0.05, 0) is 12.1 Å². The van der Waals surface area contributed by atoms with E-state index < -0.39 is 13.0 Å². The number of ether oxygens (including phenoxy) is 1. The van der Waals surface area contributed by atoms with Crippen molar-refractivity contribution in [2.75, 3.05) is 26.8 Å². The molecule has 2 aromatic heterocycles. The van der Waals surface area contributed by atoms with E-state index in [4.69, 9.17) is 4.74 Å². The minimum Gasteiger partial charge on any atom is -0.383 e. The van der Waals surface area contributed by atoms with Crippen LogP contribution in [0.25, 0.3) is 19.5 Å². The first-order valence-electron chi connectivity index (χ1n) is 7.07. The smallest absolute Gasteiger partial charge is 0.264 e. The molecule has 23 heavy (non-hydrogen) atoms. The second-order valence-corrected chi connectivity index (χ2v) is 7.17. The third kappa shape index (κ3) is 3.36. The Hall–Kier alpha value is -1.57. The molecule has 0 fully saturated rings. The quantitative estimate of drug-likeness (QED) is 0.653. The fourth-order valence-electron chi connectivity index (χ4n) is 2.40. The van der Waals surface area contributed by atoms with Crippen LogP contribution in [0.3, 0.4) is 0 Å². The number of hydrogen-bond donors (Lipinski definition) is 0. The summed E-state index contributed by atoms with van der Waals surface area (Å²) >= 11 is 2.97. The van der Waals surface area contributed by atoms with Gasteiger partial charge in [0.15, 0.2) is 0 Å². The van der Waals surface area contributed by atoms with Crippen molar-refractivity contribution in [1.82, 2.24) is 4.90 Å². The number of benzene rings is 1. The number of nitrogens with zero attached hydrogens (tertiary/aromatic N) is 1. The molecule has 0 aliphatic rings. The van der Waals surface area contributed by atoms with Crippen molar-refractivity contribution in [2.45, 2.75) is 6.43 Å². The molecule has 1 amide bonds. The lowest BCUT2D eigenvalue weighted by Crippen LogP contribution is -2.37. The minimum atomic E-state index is -2.56. The molecule has 1 aromatic carbocycles. The predicted molar refractivity (Wildman–Crippen MR) is 91.0 cm³/mol. The summed E-state index contributed by atoms with van der Waals surface area (Å²) in [6, 6.07) is 9.79. The number of rotatable bonds is 6. The first-order valence-corrected chi connectivity index (χ1v) is 8.71. The van der Waals surface area contributed by atoms with Gasteiger partial charge in [-0.3, -0.25) is 4.79 Å². The average molecular weight is 355 g/mol. The van der Waals surface area contributed by atoms with Crippen LogP contribution < -0.4 is 0 Å². The molecule has 0 radical (unpaired) electrons. The fourth-order valence-corrected chi connectivity index (χ4v) is 4.90. The number of carbonyl (C=O) groups excluding carboxylic acids is 1. The molecule has 0 saturated heterocycles. The van der Waals surface area contributed by atoms with E-state index in [2.05, 4.69) is 0 Å². The number of carbonyl (C=O) groups is 1. The van der Waals surface area contributed by atoms with Crippen molar-refractivity contribution in [3.05, 3.63) is 35.2 Å². The van der Waals surface area contributed by atoms with E-state index in [0.717, 1.165) is 24.4 Å². The molecule has 0 saturated carbocycles. The highest BCUT2D eigenvalue weighted by Crippen LogP contribution is 2.39. The van der Waals surface area contributed by atoms with Crippen LogP contribution in [0.1, 0.15) is 9.67 Å². The third-order valence-corrected chi connectivity index (χ3v) is 5.87. The van der Waals surface area contributed by atoms with Crippen LogP contribution in [0, 0.1) is 0 Å². The summed E-state index contributed by atoms with van der Waals surface area (Å²) in [7, 11) is 1.48. The van der Waals surface area contributed by atoms with Crippen LogP contribution in [0.5, 0.6) is 0 Å². The normalized spacial score (nSPS) is 11.7. The Morgan fingerprint density at radius 3 is 2.78 bits per heavy atom. The number of thiophene rings is 2. The number of halogens is 2. The van der Waals surface area contributed by atoms with Gasteiger partial charge in [-0.15, -0.1) is 22.7 Å². The Morgan fingerprint density at radius 1 is 1.26 bits per heavy atom. The highest BCUT2D eigenvalue weighted by molar-refractivity contribution is 7.33. The van der Waals surface area contributed by atoms with E-state index in [-0.39, 0.29) is 19.1 Å². The van der Waals surface area contributed by atoms with Crippen molar-refractivity contribution in [2.24, 2.45) is 0 Å². The van der Waals surface area contributed by atoms with Gasteiger partial charge in [-0.25, -0.2) is 8.78 Å². The number of amides is 1. The van der Waals surface area contributed by atoms with E-state index in [9.17, 15) is 13.6 Å². The molecular formula is C16H15F2NO2S2. The van der Waals surface area contributed by atoms with Gasteiger partial charge in [0.05, 0.1) is 22.7 Å². The van der Waals surface area contributed by atoms with Gasteiger partial charge in [-0.1, -0.05) is 18.2 Å². The lowest BCUT2D eigenvalue weighted by Gasteiger charge is -2.21. The van der Waals surface area contributed by atoms with Crippen LogP contribution in [0.4, 0.5) is 8.78 Å². The van der Waals surface area contributed by atoms with Gasteiger partial charge in [0.25, 0.3) is 12.3 Å². The fraction of sp³-hybridized carbons (Fsp3) is 0.312. The van der Waals surface area contributed by atoms with Gasteiger partial charge >= 0.3 is 0 Å². The van der Waals surface area contributed by atoms with Crippen molar-refractivity contribution >= 4 is 48.1 Å². The summed E-state index contributed by atoms with van der Waals surface area (Å²) in [4.78, 5) is 14.2. The Balaban J connectivity index is 1.92. The average Bonchev–Trinajstić information content (AvgIpc) is 3.08. The summed E-state index contributed by atoms with van der Waals surface area (Å²) < 4.78 is 33.6. The van der Waals surface area contributed by atoms with Crippen molar-refractivity contribution in [3.63, 3.8) is 0 Å². The van der Waals surface area contributed by atoms with Crippen LogP contribution in [0.2, 0.25) is 0 Å². The minimum absolute atomic E-state index is 0.159. The number of hydrogen-bond acceptors (Lipinski definition) is 4. The predicted octanol–water partition coefficient (Wildman–Crippen LogP) is 4.47. The third-order valence-electron chi connectivity index (χ3n) is 3.47. The zero-order valence-electron chi connectivity index (χ0n) is 12.4. The zero-order chi connectivity index (χ0) is 16.4. The summed E-state index contributed by atoms with van der Waals surface area (Å²) in [5.74, 6) is -0.361. The van der Waals surface area contributed by atoms with E-state index in [0.29, 0.717) is 4.88 Å². The molecule has 0 unspecified atom stereocenters. The van der Waals surface area contributed by atoms with E-state index in [1.165, 1.54) is 18.4 Å². The summed E-state index contributed by atoms with van der Waals surface area (Å²) in [6.45, 7) is -0.179. The topological polar surface area (TPSA) is 29.5 Å². The molecule has 0 spiro atoms. The maximum Gasteiger partial charge on any atom is 0.264 e. The van der Waals surface area contributed by atoms with Crippen LogP contribution in [0.15, 0.2) is 30.3 Å². The van der Waals surface area contributed by atoms with Gasteiger partial charge in [0, 0.05) is 28.4 Å². The highest BCUT2D eigenvalue weighted by Gasteiger charge is 2.22. The molecule has 3 nitrogen and oxygen atoms in total. The largest absolute Gasteiger partial charge is 0.383 e. The zero-order valence-corrected chi connectivity index (χ0v) is 14.1. The van der Waals surface area contributed by atoms with E-state index in [1.54, 1.807) is 17.4 Å². The lowest BCUT2D eigenvalue weighted by molar-refractivity contribution is 0.0482. The standard InChI is InChI=1S/C16H15F2NO2S2/c1-21-7-6-19(9-14(17)18)16(20)13-8-12-15(23-13)10-4-2-3-5-11(10)22-12/h2-5,8,14H,6-7,9H2,1H3. The Kier molecular flexibility index (Phi) is 4.89. The first-order chi connectivity index (χ1) is 11.1. The second-order valence-electron chi connectivity index (χ2n) is 5.04. The maximum atomic E-state index is 12.7. The second kappa shape index (κ2) is 6.90. The molecule has 3 rings (SSSR count). The number of alkyl halides is 2. The van der Waals surface area contributed by atoms with Crippen LogP contribution in [-0.2, 0) is 4.74 Å². The molecule has 0 N–H and O–H groups in total. The number of fused-ring (bicyclic) bond motifs is 3. The molecule has 0 bridgehead atoms. The molecule has 3 aromatic rings. The Morgan fingerprint density at radius 2 is 2.04 bits per heavy atom. The monoisotopic (exact) mass is 355 g/mol. The highest BCUT2D eigenvalue weighted by atomic mass is 32.1.